The zero-order chi connectivity index (χ0) is 30.4. The first-order chi connectivity index (χ1) is 19.6. The van der Waals surface area contributed by atoms with Gasteiger partial charge in [0, 0.05) is 42.3 Å². The minimum atomic E-state index is -1.90. The van der Waals surface area contributed by atoms with Gasteiger partial charge in [0.1, 0.15) is 23.9 Å². The molecular formula is C32H51NO9. The zero-order valence-electron chi connectivity index (χ0n) is 25.6. The number of aliphatic hydroxyl groups excluding tert-OH is 3. The molecule has 238 valence electrons. The Morgan fingerprint density at radius 3 is 2.50 bits per heavy atom. The van der Waals surface area contributed by atoms with Crippen LogP contribution in [-0.2, 0) is 14.3 Å². The molecule has 10 heteroatoms. The third kappa shape index (κ3) is 3.36. The van der Waals surface area contributed by atoms with E-state index in [0.29, 0.717) is 31.7 Å². The van der Waals surface area contributed by atoms with Gasteiger partial charge in [-0.15, -0.1) is 0 Å². The first-order valence-corrected chi connectivity index (χ1v) is 16.4. The van der Waals surface area contributed by atoms with E-state index in [4.69, 9.17) is 9.47 Å². The Hall–Kier alpha value is -0.850. The first-order valence-electron chi connectivity index (χ1n) is 16.4. The fraction of sp³-hybridized carbons (Fsp3) is 0.969. The lowest BCUT2D eigenvalue weighted by Gasteiger charge is -2.64. The Labute approximate surface area is 248 Å². The molecule has 7 aliphatic rings. The van der Waals surface area contributed by atoms with Crippen LogP contribution in [0.2, 0.25) is 0 Å². The number of carbonyl (C=O) groups is 1. The molecule has 3 saturated heterocycles. The largest absolute Gasteiger partial charge is 0.459 e. The molecule has 7 fully saturated rings. The van der Waals surface area contributed by atoms with Crippen LogP contribution < -0.4 is 0 Å². The predicted molar refractivity (Wildman–Crippen MR) is 149 cm³/mol. The standard InChI is InChI=1S/C32H51NO9/c1-6-16(3)27(37)41-24-23-17(14-33-13-15(2)7-8-21(33)29(23,5)38)18-12-30-25(31(18,39)26(24)36)19(34)11-20-28(30,4)10-9-22(35)32(20,40)42-30/h15-26,34-36,38-40H,6-14H2,1-5H3/t15-,16?,17-,18-,19+,20-,21-,22-,23+,24+,25+,26-,28-,29+,30+,31-,32-/m0/s1. The van der Waals surface area contributed by atoms with E-state index in [9.17, 15) is 35.4 Å². The summed E-state index contributed by atoms with van der Waals surface area (Å²) in [4.78, 5) is 15.6. The van der Waals surface area contributed by atoms with Crippen molar-refractivity contribution < 1.29 is 44.9 Å². The minimum Gasteiger partial charge on any atom is -0.459 e. The van der Waals surface area contributed by atoms with Crippen LogP contribution in [0.3, 0.4) is 0 Å². The molecule has 1 spiro atoms. The van der Waals surface area contributed by atoms with Gasteiger partial charge >= 0.3 is 5.97 Å². The maximum atomic E-state index is 13.3. The summed E-state index contributed by atoms with van der Waals surface area (Å²) in [5.41, 5.74) is -5.09. The van der Waals surface area contributed by atoms with Crippen molar-refractivity contribution in [2.45, 2.75) is 133 Å². The lowest BCUT2D eigenvalue weighted by molar-refractivity contribution is -0.297. The minimum absolute atomic E-state index is 0.118. The van der Waals surface area contributed by atoms with Crippen LogP contribution in [0.1, 0.15) is 79.6 Å². The van der Waals surface area contributed by atoms with E-state index in [2.05, 4.69) is 11.8 Å². The molecular weight excluding hydrogens is 542 g/mol. The highest BCUT2D eigenvalue weighted by atomic mass is 16.7. The molecule has 0 aromatic carbocycles. The fourth-order valence-electron chi connectivity index (χ4n) is 11.9. The fourth-order valence-corrected chi connectivity index (χ4v) is 11.9. The number of ether oxygens (including phenoxy) is 2. The van der Waals surface area contributed by atoms with E-state index in [1.54, 1.807) is 13.8 Å². The normalized spacial score (nSPS) is 60.6. The van der Waals surface area contributed by atoms with Gasteiger partial charge in [-0.05, 0) is 69.6 Å². The van der Waals surface area contributed by atoms with Crippen molar-refractivity contribution in [1.29, 1.82) is 0 Å². The van der Waals surface area contributed by atoms with E-state index in [1.165, 1.54) is 0 Å². The Morgan fingerprint density at radius 2 is 1.81 bits per heavy atom. The molecule has 4 saturated carbocycles. The first kappa shape index (κ1) is 29.8. The van der Waals surface area contributed by atoms with Gasteiger partial charge in [0.25, 0.3) is 0 Å². The van der Waals surface area contributed by atoms with E-state index in [1.807, 2.05) is 13.8 Å². The summed E-state index contributed by atoms with van der Waals surface area (Å²) >= 11 is 0. The quantitative estimate of drug-likeness (QED) is 0.258. The smallest absolute Gasteiger partial charge is 0.309 e. The van der Waals surface area contributed by atoms with E-state index >= 15 is 0 Å². The summed E-state index contributed by atoms with van der Waals surface area (Å²) in [6.45, 7) is 11.0. The number of nitrogens with zero attached hydrogens (tertiary/aromatic N) is 1. The van der Waals surface area contributed by atoms with Crippen LogP contribution in [0.15, 0.2) is 0 Å². The topological polar surface area (TPSA) is 160 Å². The van der Waals surface area contributed by atoms with Crippen molar-refractivity contribution >= 4 is 5.97 Å². The maximum Gasteiger partial charge on any atom is 0.309 e. The third-order valence-electron chi connectivity index (χ3n) is 14.1. The maximum absolute atomic E-state index is 13.3. The molecule has 7 rings (SSSR count). The highest BCUT2D eigenvalue weighted by Gasteiger charge is 2.86. The van der Waals surface area contributed by atoms with Crippen LogP contribution in [0.25, 0.3) is 0 Å². The number of aliphatic hydroxyl groups is 6. The van der Waals surface area contributed by atoms with Gasteiger partial charge in [0.15, 0.2) is 5.79 Å². The van der Waals surface area contributed by atoms with Gasteiger partial charge in [-0.1, -0.05) is 27.7 Å². The lowest BCUT2D eigenvalue weighted by atomic mass is 9.49. The summed E-state index contributed by atoms with van der Waals surface area (Å²) < 4.78 is 12.8. The van der Waals surface area contributed by atoms with Crippen LogP contribution >= 0.6 is 0 Å². The van der Waals surface area contributed by atoms with Crippen molar-refractivity contribution in [3.05, 3.63) is 0 Å². The van der Waals surface area contributed by atoms with Gasteiger partial charge in [-0.3, -0.25) is 9.69 Å². The second-order valence-corrected chi connectivity index (χ2v) is 16.0. The highest BCUT2D eigenvalue weighted by molar-refractivity contribution is 5.72. The number of rotatable bonds is 3. The Kier molecular flexibility index (Phi) is 6.48. The SMILES string of the molecule is CCC(C)C(=O)O[C@@H]1[C@H]2[C@@H](CN3C[C@@H](C)CC[C@H]3[C@@]2(C)O)[C@@H]2C[C@@]34O[C@@]5(O)[C@@H](C[C@@H](O)[C@H]3[C@]2(O)[C@H]1O)[C@]4(C)CC[C@@H]5O. The Morgan fingerprint density at radius 1 is 1.10 bits per heavy atom. The third-order valence-corrected chi connectivity index (χ3v) is 14.1. The molecule has 3 aliphatic heterocycles. The molecule has 4 bridgehead atoms. The summed E-state index contributed by atoms with van der Waals surface area (Å²) in [6.07, 6.45) is -1.43. The number of hydrogen-bond donors (Lipinski definition) is 6. The van der Waals surface area contributed by atoms with Crippen molar-refractivity contribution in [2.75, 3.05) is 13.1 Å². The van der Waals surface area contributed by atoms with Crippen molar-refractivity contribution in [2.24, 2.45) is 46.8 Å². The molecule has 0 aromatic heterocycles. The van der Waals surface area contributed by atoms with Crippen molar-refractivity contribution in [3.8, 4) is 0 Å². The lowest BCUT2D eigenvalue weighted by Crippen LogP contribution is -2.77. The number of fused-ring (bicyclic) bond motifs is 5. The number of esters is 1. The van der Waals surface area contributed by atoms with E-state index in [-0.39, 0.29) is 24.8 Å². The molecule has 0 aromatic rings. The van der Waals surface area contributed by atoms with Crippen LogP contribution in [0, 0.1) is 46.8 Å². The molecule has 42 heavy (non-hydrogen) atoms. The van der Waals surface area contributed by atoms with Crippen LogP contribution in [0.4, 0.5) is 0 Å². The molecule has 17 atom stereocenters. The number of hydrogen-bond acceptors (Lipinski definition) is 10. The summed E-state index contributed by atoms with van der Waals surface area (Å²) in [6, 6.07) is -0.176. The van der Waals surface area contributed by atoms with Gasteiger partial charge in [-0.2, -0.15) is 0 Å². The molecule has 0 amide bonds. The van der Waals surface area contributed by atoms with Crippen molar-refractivity contribution in [3.63, 3.8) is 0 Å². The monoisotopic (exact) mass is 593 g/mol. The van der Waals surface area contributed by atoms with Gasteiger partial charge < -0.3 is 40.1 Å². The van der Waals surface area contributed by atoms with E-state index in [0.717, 1.165) is 19.4 Å². The Bertz CT molecular complexity index is 1140. The summed E-state index contributed by atoms with van der Waals surface area (Å²) in [5.74, 6) is -5.44. The van der Waals surface area contributed by atoms with Gasteiger partial charge in [0.2, 0.25) is 0 Å². The average Bonchev–Trinajstić information content (AvgIpc) is 3.21. The molecule has 4 aliphatic carbocycles. The second-order valence-electron chi connectivity index (χ2n) is 16.0. The molecule has 10 nitrogen and oxygen atoms in total. The molecule has 6 N–H and O–H groups in total. The van der Waals surface area contributed by atoms with Gasteiger partial charge in [-0.25, -0.2) is 0 Å². The molecule has 3 heterocycles. The summed E-state index contributed by atoms with van der Waals surface area (Å²) in [7, 11) is 0. The van der Waals surface area contributed by atoms with E-state index < -0.39 is 88.0 Å². The Balaban J connectivity index is 1.38. The van der Waals surface area contributed by atoms with Crippen LogP contribution in [-0.4, -0.2) is 108 Å². The molecule has 0 radical (unpaired) electrons. The van der Waals surface area contributed by atoms with Crippen LogP contribution in [0.5, 0.6) is 0 Å². The second kappa shape index (κ2) is 9.12. The predicted octanol–water partition coefficient (Wildman–Crippen LogP) is 0.783. The number of carbonyl (C=O) groups excluding carboxylic acids is 1. The zero-order valence-corrected chi connectivity index (χ0v) is 25.6. The molecule has 1 unspecified atom stereocenters. The summed E-state index contributed by atoms with van der Waals surface area (Å²) in [5, 5.41) is 72.1. The highest BCUT2D eigenvalue weighted by Crippen LogP contribution is 2.77. The van der Waals surface area contributed by atoms with Gasteiger partial charge in [0.05, 0.1) is 23.2 Å². The number of piperidine rings is 2. The average molecular weight is 594 g/mol. The van der Waals surface area contributed by atoms with Crippen molar-refractivity contribution in [1.82, 2.24) is 4.90 Å².